The Hall–Kier alpha value is -3.12. The van der Waals surface area contributed by atoms with Crippen LogP contribution in [0.15, 0.2) is 78.2 Å². The van der Waals surface area contributed by atoms with Crippen LogP contribution in [-0.4, -0.2) is 24.7 Å². The molecule has 0 spiro atoms. The van der Waals surface area contributed by atoms with Gasteiger partial charge in [-0.2, -0.15) is 0 Å². The minimum Gasteiger partial charge on any atom is -0.463 e. The van der Waals surface area contributed by atoms with Crippen LogP contribution in [0, 0.1) is 0 Å². The Morgan fingerprint density at radius 2 is 1.55 bits per heavy atom. The Labute approximate surface area is 174 Å². The molecule has 1 heterocycles. The van der Waals surface area contributed by atoms with Crippen LogP contribution >= 0.6 is 11.3 Å². The van der Waals surface area contributed by atoms with Crippen molar-refractivity contribution in [2.45, 2.75) is 25.5 Å². The van der Waals surface area contributed by atoms with Gasteiger partial charge in [-0.15, -0.1) is 11.3 Å². The summed E-state index contributed by atoms with van der Waals surface area (Å²) in [6.07, 6.45) is 0.228. The van der Waals surface area contributed by atoms with Crippen molar-refractivity contribution in [2.75, 3.05) is 6.61 Å². The minimum atomic E-state index is -0.538. The highest BCUT2D eigenvalue weighted by Gasteiger charge is 2.17. The molecule has 0 aliphatic heterocycles. The van der Waals surface area contributed by atoms with Crippen LogP contribution in [0.1, 0.15) is 16.0 Å². The number of hydrogen-bond acceptors (Lipinski definition) is 5. The largest absolute Gasteiger partial charge is 0.463 e. The SMILES string of the molecule is O=C(Cc1cccs1)OC[C@H](Cc1ccccc1)NC(=O)OCc1ccccc1. The number of carbonyl (C=O) groups excluding carboxylic acids is 2. The normalized spacial score (nSPS) is 11.4. The Morgan fingerprint density at radius 3 is 2.21 bits per heavy atom. The highest BCUT2D eigenvalue weighted by Crippen LogP contribution is 2.10. The van der Waals surface area contributed by atoms with E-state index in [1.54, 1.807) is 0 Å². The number of amides is 1. The van der Waals surface area contributed by atoms with E-state index in [4.69, 9.17) is 9.47 Å². The molecule has 1 amide bonds. The predicted octanol–water partition coefficient (Wildman–Crippen LogP) is 4.37. The Bertz CT molecular complexity index is 882. The van der Waals surface area contributed by atoms with E-state index >= 15 is 0 Å². The van der Waals surface area contributed by atoms with Gasteiger partial charge in [-0.3, -0.25) is 4.79 Å². The maximum atomic E-state index is 12.2. The lowest BCUT2D eigenvalue weighted by molar-refractivity contribution is -0.143. The third-order valence-electron chi connectivity index (χ3n) is 4.20. The number of carbonyl (C=O) groups is 2. The standard InChI is InChI=1S/C23H23NO4S/c25-22(15-21-12-7-13-29-21)27-17-20(14-18-8-3-1-4-9-18)24-23(26)28-16-19-10-5-2-6-11-19/h1-13,20H,14-17H2,(H,24,26)/t20-/m0/s1. The average Bonchev–Trinajstić information content (AvgIpc) is 3.25. The molecule has 3 rings (SSSR count). The lowest BCUT2D eigenvalue weighted by Crippen LogP contribution is -2.40. The molecule has 0 fully saturated rings. The molecule has 1 aromatic heterocycles. The van der Waals surface area contributed by atoms with E-state index in [0.717, 1.165) is 16.0 Å². The van der Waals surface area contributed by atoms with Gasteiger partial charge in [0.05, 0.1) is 12.5 Å². The highest BCUT2D eigenvalue weighted by atomic mass is 32.1. The second-order valence-electron chi connectivity index (χ2n) is 6.53. The molecule has 0 aliphatic rings. The van der Waals surface area contributed by atoms with Crippen molar-refractivity contribution in [1.82, 2.24) is 5.32 Å². The van der Waals surface area contributed by atoms with Gasteiger partial charge in [-0.1, -0.05) is 66.7 Å². The number of thiophene rings is 1. The maximum absolute atomic E-state index is 12.2. The molecule has 0 aliphatic carbocycles. The third kappa shape index (κ3) is 7.43. The molecule has 2 aromatic carbocycles. The molecule has 29 heavy (non-hydrogen) atoms. The molecule has 5 nitrogen and oxygen atoms in total. The molecule has 150 valence electrons. The zero-order chi connectivity index (χ0) is 20.3. The van der Waals surface area contributed by atoms with Gasteiger partial charge in [0, 0.05) is 4.88 Å². The number of benzene rings is 2. The molecule has 6 heteroatoms. The molecule has 0 radical (unpaired) electrons. The van der Waals surface area contributed by atoms with Crippen LogP contribution in [-0.2, 0) is 33.7 Å². The molecule has 1 atom stereocenters. The van der Waals surface area contributed by atoms with Crippen molar-refractivity contribution in [2.24, 2.45) is 0 Å². The second kappa shape index (κ2) is 11.0. The molecule has 1 N–H and O–H groups in total. The van der Waals surface area contributed by atoms with Gasteiger partial charge >= 0.3 is 12.1 Å². The molecule has 0 unspecified atom stereocenters. The smallest absolute Gasteiger partial charge is 0.407 e. The van der Waals surface area contributed by atoms with Crippen molar-refractivity contribution in [3.63, 3.8) is 0 Å². The van der Waals surface area contributed by atoms with Crippen LogP contribution in [0.4, 0.5) is 4.79 Å². The first-order valence-corrected chi connectivity index (χ1v) is 10.3. The molecule has 0 saturated heterocycles. The maximum Gasteiger partial charge on any atom is 0.407 e. The van der Waals surface area contributed by atoms with Crippen molar-refractivity contribution in [3.8, 4) is 0 Å². The monoisotopic (exact) mass is 409 g/mol. The molecular formula is C23H23NO4S. The van der Waals surface area contributed by atoms with Gasteiger partial charge in [0.2, 0.25) is 0 Å². The predicted molar refractivity (Wildman–Crippen MR) is 113 cm³/mol. The lowest BCUT2D eigenvalue weighted by atomic mass is 10.1. The van der Waals surface area contributed by atoms with Crippen LogP contribution in [0.2, 0.25) is 0 Å². The number of rotatable bonds is 9. The summed E-state index contributed by atoms with van der Waals surface area (Å²) in [5, 5.41) is 4.74. The Kier molecular flexibility index (Phi) is 7.83. The van der Waals surface area contributed by atoms with Gasteiger partial charge in [-0.25, -0.2) is 4.79 Å². The van der Waals surface area contributed by atoms with Crippen molar-refractivity contribution in [3.05, 3.63) is 94.2 Å². The topological polar surface area (TPSA) is 64.6 Å². The third-order valence-corrected chi connectivity index (χ3v) is 5.08. The molecule has 0 saturated carbocycles. The summed E-state index contributed by atoms with van der Waals surface area (Å²) in [5.41, 5.74) is 1.94. The average molecular weight is 410 g/mol. The first-order valence-electron chi connectivity index (χ1n) is 9.38. The van der Waals surface area contributed by atoms with E-state index in [-0.39, 0.29) is 31.6 Å². The van der Waals surface area contributed by atoms with Crippen LogP contribution in [0.25, 0.3) is 0 Å². The fourth-order valence-corrected chi connectivity index (χ4v) is 3.47. The zero-order valence-electron chi connectivity index (χ0n) is 16.0. The van der Waals surface area contributed by atoms with E-state index < -0.39 is 6.09 Å². The fraction of sp³-hybridized carbons (Fsp3) is 0.217. The van der Waals surface area contributed by atoms with Gasteiger partial charge in [-0.05, 0) is 29.0 Å². The van der Waals surface area contributed by atoms with Crippen molar-refractivity contribution >= 4 is 23.4 Å². The highest BCUT2D eigenvalue weighted by molar-refractivity contribution is 7.10. The Balaban J connectivity index is 1.53. The summed E-state index contributed by atoms with van der Waals surface area (Å²) in [6, 6.07) is 22.6. The van der Waals surface area contributed by atoms with E-state index in [1.807, 2.05) is 78.2 Å². The second-order valence-corrected chi connectivity index (χ2v) is 7.56. The van der Waals surface area contributed by atoms with Gasteiger partial charge in [0.1, 0.15) is 13.2 Å². The first-order chi connectivity index (χ1) is 14.2. The lowest BCUT2D eigenvalue weighted by Gasteiger charge is -2.19. The van der Waals surface area contributed by atoms with Crippen LogP contribution in [0.5, 0.6) is 0 Å². The number of alkyl carbamates (subject to hydrolysis) is 1. The number of hydrogen-bond donors (Lipinski definition) is 1. The summed E-state index contributed by atoms with van der Waals surface area (Å²) in [4.78, 5) is 25.3. The summed E-state index contributed by atoms with van der Waals surface area (Å²) >= 11 is 1.51. The van der Waals surface area contributed by atoms with E-state index in [9.17, 15) is 9.59 Å². The summed E-state index contributed by atoms with van der Waals surface area (Å²) in [7, 11) is 0. The minimum absolute atomic E-state index is 0.0829. The van der Waals surface area contributed by atoms with Crippen molar-refractivity contribution in [1.29, 1.82) is 0 Å². The summed E-state index contributed by atoms with van der Waals surface area (Å²) in [5.74, 6) is -0.315. The molecule has 0 bridgehead atoms. The van der Waals surface area contributed by atoms with E-state index in [0.29, 0.717) is 6.42 Å². The summed E-state index contributed by atoms with van der Waals surface area (Å²) in [6.45, 7) is 0.266. The van der Waals surface area contributed by atoms with E-state index in [2.05, 4.69) is 5.32 Å². The first kappa shape index (κ1) is 20.6. The Morgan fingerprint density at radius 1 is 0.862 bits per heavy atom. The number of esters is 1. The number of nitrogens with one attached hydrogen (secondary N) is 1. The van der Waals surface area contributed by atoms with Crippen LogP contribution in [0.3, 0.4) is 0 Å². The van der Waals surface area contributed by atoms with Gasteiger partial charge in [0.15, 0.2) is 0 Å². The molecular weight excluding hydrogens is 386 g/mol. The van der Waals surface area contributed by atoms with Crippen LogP contribution < -0.4 is 5.32 Å². The fourth-order valence-electron chi connectivity index (χ4n) is 2.78. The quantitative estimate of drug-likeness (QED) is 0.533. The number of ether oxygens (including phenoxy) is 2. The molecule has 3 aromatic rings. The van der Waals surface area contributed by atoms with Gasteiger partial charge < -0.3 is 14.8 Å². The summed E-state index contributed by atoms with van der Waals surface area (Å²) < 4.78 is 10.7. The van der Waals surface area contributed by atoms with Crippen molar-refractivity contribution < 1.29 is 19.1 Å². The van der Waals surface area contributed by atoms with E-state index in [1.165, 1.54) is 11.3 Å². The zero-order valence-corrected chi connectivity index (χ0v) is 16.8. The van der Waals surface area contributed by atoms with Gasteiger partial charge in [0.25, 0.3) is 0 Å².